The van der Waals surface area contributed by atoms with Gasteiger partial charge < -0.3 is 10.8 Å². The van der Waals surface area contributed by atoms with E-state index in [-0.39, 0.29) is 22.4 Å². The second-order valence-corrected chi connectivity index (χ2v) is 5.80. The number of hydrogen-bond donors (Lipinski definition) is 3. The monoisotopic (exact) mass is 252 g/mol. The Bertz CT molecular complexity index is 354. The molecular weight excluding hydrogens is 232 g/mol. The van der Waals surface area contributed by atoms with E-state index in [1.165, 1.54) is 0 Å². The summed E-state index contributed by atoms with van der Waals surface area (Å²) in [6.45, 7) is 3.78. The van der Waals surface area contributed by atoms with Crippen molar-refractivity contribution in [2.45, 2.75) is 36.9 Å². The lowest BCUT2D eigenvalue weighted by atomic mass is 10.1. The molecule has 1 rings (SSSR count). The van der Waals surface area contributed by atoms with Gasteiger partial charge in [-0.3, -0.25) is 5.41 Å². The van der Waals surface area contributed by atoms with Crippen LogP contribution in [0.5, 0.6) is 0 Å². The molecule has 3 atom stereocenters. The number of thioether (sulfide) groups is 1. The lowest BCUT2D eigenvalue weighted by Gasteiger charge is -2.22. The number of aliphatic hydroxyl groups excluding tert-OH is 1. The van der Waals surface area contributed by atoms with Crippen molar-refractivity contribution in [3.8, 4) is 0 Å². The lowest BCUT2D eigenvalue weighted by Crippen LogP contribution is -2.19. The highest BCUT2D eigenvalue weighted by Crippen LogP contribution is 2.35. The van der Waals surface area contributed by atoms with E-state index in [1.807, 2.05) is 37.3 Å². The zero-order valence-electron chi connectivity index (χ0n) is 10.3. The second kappa shape index (κ2) is 6.67. The summed E-state index contributed by atoms with van der Waals surface area (Å²) in [6.07, 6.45) is 0.157. The number of rotatable bonds is 6. The quantitative estimate of drug-likeness (QED) is 0.538. The first-order valence-corrected chi connectivity index (χ1v) is 6.66. The highest BCUT2D eigenvalue weighted by molar-refractivity contribution is 8.00. The summed E-state index contributed by atoms with van der Waals surface area (Å²) in [5, 5.41) is 17.2. The van der Waals surface area contributed by atoms with Crippen molar-refractivity contribution >= 4 is 17.6 Å². The molecule has 0 bridgehead atoms. The van der Waals surface area contributed by atoms with Gasteiger partial charge in [-0.15, -0.1) is 11.8 Å². The molecule has 0 aliphatic heterocycles. The minimum Gasteiger partial charge on any atom is -0.392 e. The summed E-state index contributed by atoms with van der Waals surface area (Å²) < 4.78 is 0. The second-order valence-electron chi connectivity index (χ2n) is 4.21. The average molecular weight is 252 g/mol. The number of aliphatic hydroxyl groups is 1. The highest BCUT2D eigenvalue weighted by atomic mass is 32.2. The van der Waals surface area contributed by atoms with E-state index in [0.717, 1.165) is 5.56 Å². The van der Waals surface area contributed by atoms with Gasteiger partial charge in [-0.1, -0.05) is 37.3 Å². The zero-order valence-corrected chi connectivity index (χ0v) is 11.1. The molecule has 0 aliphatic carbocycles. The van der Waals surface area contributed by atoms with Gasteiger partial charge >= 0.3 is 0 Å². The van der Waals surface area contributed by atoms with Gasteiger partial charge in [0, 0.05) is 16.9 Å². The lowest BCUT2D eigenvalue weighted by molar-refractivity contribution is 0.196. The van der Waals surface area contributed by atoms with Gasteiger partial charge in [-0.25, -0.2) is 0 Å². The number of nitrogens with one attached hydrogen (secondary N) is 1. The van der Waals surface area contributed by atoms with Crippen LogP contribution in [0.3, 0.4) is 0 Å². The van der Waals surface area contributed by atoms with E-state index in [4.69, 9.17) is 11.1 Å². The van der Waals surface area contributed by atoms with Gasteiger partial charge in [-0.05, 0) is 12.5 Å². The smallest absolute Gasteiger partial charge is 0.0919 e. The van der Waals surface area contributed by atoms with Crippen molar-refractivity contribution in [1.82, 2.24) is 0 Å². The summed E-state index contributed by atoms with van der Waals surface area (Å²) in [5.74, 6) is 0.184. The van der Waals surface area contributed by atoms with Gasteiger partial charge in [0.2, 0.25) is 0 Å². The van der Waals surface area contributed by atoms with Crippen molar-refractivity contribution in [3.05, 3.63) is 35.9 Å². The molecule has 17 heavy (non-hydrogen) atoms. The first-order valence-electron chi connectivity index (χ1n) is 5.72. The highest BCUT2D eigenvalue weighted by Gasteiger charge is 2.19. The summed E-state index contributed by atoms with van der Waals surface area (Å²) in [6, 6.07) is 10.0. The predicted molar refractivity (Wildman–Crippen MR) is 74.4 cm³/mol. The first-order chi connectivity index (χ1) is 8.00. The predicted octanol–water partition coefficient (Wildman–Crippen LogP) is 2.56. The number of nitrogens with two attached hydrogens (primary N) is 1. The van der Waals surface area contributed by atoms with Crippen LogP contribution >= 0.6 is 11.8 Å². The molecule has 0 radical (unpaired) electrons. The maximum absolute atomic E-state index is 9.55. The third kappa shape index (κ3) is 4.79. The molecule has 4 heteroatoms. The third-order valence-corrected chi connectivity index (χ3v) is 4.23. The minimum absolute atomic E-state index is 0.125. The Labute approximate surface area is 107 Å². The van der Waals surface area contributed by atoms with Crippen molar-refractivity contribution in [3.63, 3.8) is 0 Å². The Morgan fingerprint density at radius 1 is 1.35 bits per heavy atom. The maximum atomic E-state index is 9.55. The normalized spacial score (nSPS) is 16.2. The van der Waals surface area contributed by atoms with Gasteiger partial charge in [0.1, 0.15) is 0 Å². The first kappa shape index (κ1) is 14.1. The standard InChI is InChI=1S/C13H20N2OS/c1-9(16)10(2)17-12(8-13(14)15)11-6-4-3-5-7-11/h3-7,9-10,12,16H,8H2,1-2H3,(H3,14,15). The zero-order chi connectivity index (χ0) is 12.8. The number of benzene rings is 1. The molecule has 0 aliphatic rings. The van der Waals surface area contributed by atoms with Crippen molar-refractivity contribution < 1.29 is 5.11 Å². The molecular formula is C13H20N2OS. The molecule has 3 nitrogen and oxygen atoms in total. The summed E-state index contributed by atoms with van der Waals surface area (Å²) in [4.78, 5) is 0. The molecule has 1 aromatic rings. The van der Waals surface area contributed by atoms with Gasteiger partial charge in [-0.2, -0.15) is 0 Å². The molecule has 94 valence electrons. The van der Waals surface area contributed by atoms with E-state index >= 15 is 0 Å². The summed E-state index contributed by atoms with van der Waals surface area (Å²) in [7, 11) is 0. The van der Waals surface area contributed by atoms with Gasteiger partial charge in [0.05, 0.1) is 11.9 Å². The third-order valence-electron chi connectivity index (χ3n) is 2.63. The Kier molecular flexibility index (Phi) is 5.51. The van der Waals surface area contributed by atoms with Crippen LogP contribution in [0.2, 0.25) is 0 Å². The Balaban J connectivity index is 2.77. The molecule has 1 aromatic carbocycles. The van der Waals surface area contributed by atoms with E-state index in [1.54, 1.807) is 18.7 Å². The Hall–Kier alpha value is -1.00. The van der Waals surface area contributed by atoms with Crippen LogP contribution in [0.4, 0.5) is 0 Å². The molecule has 0 fully saturated rings. The fraction of sp³-hybridized carbons (Fsp3) is 0.462. The molecule has 0 spiro atoms. The van der Waals surface area contributed by atoms with Gasteiger partial charge in [0.25, 0.3) is 0 Å². The van der Waals surface area contributed by atoms with Crippen LogP contribution in [-0.2, 0) is 0 Å². The van der Waals surface area contributed by atoms with E-state index in [0.29, 0.717) is 6.42 Å². The Morgan fingerprint density at radius 3 is 2.41 bits per heavy atom. The minimum atomic E-state index is -0.363. The van der Waals surface area contributed by atoms with Crippen LogP contribution in [-0.4, -0.2) is 22.3 Å². The summed E-state index contributed by atoms with van der Waals surface area (Å²) in [5.41, 5.74) is 6.64. The van der Waals surface area contributed by atoms with Gasteiger partial charge in [0.15, 0.2) is 0 Å². The van der Waals surface area contributed by atoms with Crippen molar-refractivity contribution in [1.29, 1.82) is 5.41 Å². The maximum Gasteiger partial charge on any atom is 0.0919 e. The average Bonchev–Trinajstić information content (AvgIpc) is 2.28. The topological polar surface area (TPSA) is 70.1 Å². The fourth-order valence-corrected chi connectivity index (χ4v) is 2.82. The molecule has 0 heterocycles. The van der Waals surface area contributed by atoms with Crippen LogP contribution in [0.15, 0.2) is 30.3 Å². The van der Waals surface area contributed by atoms with Crippen LogP contribution < -0.4 is 5.73 Å². The van der Waals surface area contributed by atoms with E-state index in [9.17, 15) is 5.11 Å². The molecule has 4 N–H and O–H groups in total. The number of amidine groups is 1. The molecule has 3 unspecified atom stereocenters. The molecule has 0 amide bonds. The molecule has 0 saturated heterocycles. The largest absolute Gasteiger partial charge is 0.392 e. The fourth-order valence-electron chi connectivity index (χ4n) is 1.48. The summed E-state index contributed by atoms with van der Waals surface area (Å²) >= 11 is 1.66. The van der Waals surface area contributed by atoms with E-state index < -0.39 is 0 Å². The van der Waals surface area contributed by atoms with Crippen molar-refractivity contribution in [2.24, 2.45) is 5.73 Å². The van der Waals surface area contributed by atoms with E-state index in [2.05, 4.69) is 0 Å². The SMILES string of the molecule is CC(O)C(C)SC(CC(=N)N)c1ccccc1. The molecule has 0 aromatic heterocycles. The van der Waals surface area contributed by atoms with Crippen LogP contribution in [0.1, 0.15) is 31.1 Å². The Morgan fingerprint density at radius 2 is 1.94 bits per heavy atom. The number of hydrogen-bond acceptors (Lipinski definition) is 3. The van der Waals surface area contributed by atoms with Crippen LogP contribution in [0.25, 0.3) is 0 Å². The van der Waals surface area contributed by atoms with Crippen LogP contribution in [0, 0.1) is 5.41 Å². The molecule has 0 saturated carbocycles. The van der Waals surface area contributed by atoms with Crippen molar-refractivity contribution in [2.75, 3.05) is 0 Å².